The van der Waals surface area contributed by atoms with Crippen LogP contribution in [-0.4, -0.2) is 29.5 Å². The lowest BCUT2D eigenvalue weighted by Crippen LogP contribution is -2.13. The molecule has 0 unspecified atom stereocenters. The van der Waals surface area contributed by atoms with Crippen molar-refractivity contribution < 1.29 is 8.78 Å². The minimum absolute atomic E-state index is 0.408. The quantitative estimate of drug-likeness (QED) is 0.848. The second kappa shape index (κ2) is 5.90. The SMILES string of the molecule is CCCNc1nc(NCC(F)F)c2ccsc2n1. The van der Waals surface area contributed by atoms with Gasteiger partial charge in [0, 0.05) is 6.54 Å². The Kier molecular flexibility index (Phi) is 4.24. The summed E-state index contributed by atoms with van der Waals surface area (Å²) in [6.07, 6.45) is -1.45. The van der Waals surface area contributed by atoms with Crippen LogP contribution in [0.25, 0.3) is 10.2 Å². The number of nitrogens with zero attached hydrogens (tertiary/aromatic N) is 2. The number of alkyl halides is 2. The molecule has 0 bridgehead atoms. The topological polar surface area (TPSA) is 49.8 Å². The molecular formula is C11H14F2N4S. The van der Waals surface area contributed by atoms with Crippen LogP contribution >= 0.6 is 11.3 Å². The molecule has 7 heteroatoms. The molecule has 0 aromatic carbocycles. The van der Waals surface area contributed by atoms with Gasteiger partial charge in [-0.1, -0.05) is 6.92 Å². The van der Waals surface area contributed by atoms with E-state index in [1.54, 1.807) is 0 Å². The van der Waals surface area contributed by atoms with Gasteiger partial charge in [-0.15, -0.1) is 11.3 Å². The van der Waals surface area contributed by atoms with Gasteiger partial charge in [-0.25, -0.2) is 13.8 Å². The van der Waals surface area contributed by atoms with Crippen molar-refractivity contribution in [1.82, 2.24) is 9.97 Å². The maximum atomic E-state index is 12.2. The number of halogens is 2. The van der Waals surface area contributed by atoms with Crippen molar-refractivity contribution in [3.63, 3.8) is 0 Å². The highest BCUT2D eigenvalue weighted by atomic mass is 32.1. The van der Waals surface area contributed by atoms with Gasteiger partial charge in [0.15, 0.2) is 0 Å². The fourth-order valence-corrected chi connectivity index (χ4v) is 2.24. The van der Waals surface area contributed by atoms with Gasteiger partial charge in [0.05, 0.1) is 11.9 Å². The zero-order valence-corrected chi connectivity index (χ0v) is 10.7. The molecule has 0 saturated carbocycles. The van der Waals surface area contributed by atoms with Gasteiger partial charge in [0.2, 0.25) is 5.95 Å². The maximum absolute atomic E-state index is 12.2. The Morgan fingerprint density at radius 1 is 1.33 bits per heavy atom. The van der Waals surface area contributed by atoms with E-state index in [4.69, 9.17) is 0 Å². The standard InChI is InChI=1S/C11H14F2N4S/c1-2-4-14-11-16-9(15-6-8(12)13)7-3-5-18-10(7)17-11/h3,5,8H,2,4,6H2,1H3,(H2,14,15,16,17). The van der Waals surface area contributed by atoms with Crippen LogP contribution in [0.15, 0.2) is 11.4 Å². The summed E-state index contributed by atoms with van der Waals surface area (Å²) in [4.78, 5) is 9.34. The number of hydrogen-bond acceptors (Lipinski definition) is 5. The fraction of sp³-hybridized carbons (Fsp3) is 0.455. The van der Waals surface area contributed by atoms with Gasteiger partial charge in [0.1, 0.15) is 10.6 Å². The second-order valence-corrected chi connectivity index (χ2v) is 4.63. The van der Waals surface area contributed by atoms with Crippen molar-refractivity contribution in [3.05, 3.63) is 11.4 Å². The molecule has 0 atom stereocenters. The summed E-state index contributed by atoms with van der Waals surface area (Å²) >= 11 is 1.46. The molecule has 18 heavy (non-hydrogen) atoms. The molecule has 0 aliphatic carbocycles. The van der Waals surface area contributed by atoms with Gasteiger partial charge in [-0.3, -0.25) is 0 Å². The van der Waals surface area contributed by atoms with E-state index in [2.05, 4.69) is 20.6 Å². The largest absolute Gasteiger partial charge is 0.364 e. The highest BCUT2D eigenvalue weighted by molar-refractivity contribution is 7.16. The summed E-state index contributed by atoms with van der Waals surface area (Å²) in [7, 11) is 0. The smallest absolute Gasteiger partial charge is 0.255 e. The average molecular weight is 272 g/mol. The van der Waals surface area contributed by atoms with E-state index in [-0.39, 0.29) is 0 Å². The first kappa shape index (κ1) is 12.9. The van der Waals surface area contributed by atoms with Gasteiger partial charge >= 0.3 is 0 Å². The molecule has 2 aromatic rings. The number of aromatic nitrogens is 2. The van der Waals surface area contributed by atoms with Crippen molar-refractivity contribution in [1.29, 1.82) is 0 Å². The number of thiophene rings is 1. The van der Waals surface area contributed by atoms with E-state index in [1.807, 2.05) is 18.4 Å². The molecule has 98 valence electrons. The summed E-state index contributed by atoms with van der Waals surface area (Å²) in [5.74, 6) is 0.934. The first-order valence-electron chi connectivity index (χ1n) is 5.72. The molecule has 0 aliphatic heterocycles. The third-order valence-electron chi connectivity index (χ3n) is 2.28. The highest BCUT2D eigenvalue weighted by Gasteiger charge is 2.10. The Bertz CT molecular complexity index is 515. The molecule has 2 rings (SSSR count). The normalized spacial score (nSPS) is 11.1. The lowest BCUT2D eigenvalue weighted by Gasteiger charge is -2.09. The van der Waals surface area contributed by atoms with Gasteiger partial charge < -0.3 is 10.6 Å². The third-order valence-corrected chi connectivity index (χ3v) is 3.09. The van der Waals surface area contributed by atoms with Gasteiger partial charge in [-0.05, 0) is 17.9 Å². The lowest BCUT2D eigenvalue weighted by molar-refractivity contribution is 0.163. The molecule has 0 spiro atoms. The van der Waals surface area contributed by atoms with Crippen LogP contribution in [0.3, 0.4) is 0 Å². The fourth-order valence-electron chi connectivity index (χ4n) is 1.48. The highest BCUT2D eigenvalue weighted by Crippen LogP contribution is 2.26. The van der Waals surface area contributed by atoms with Gasteiger partial charge in [0.25, 0.3) is 6.43 Å². The van der Waals surface area contributed by atoms with E-state index in [0.29, 0.717) is 11.8 Å². The Morgan fingerprint density at radius 2 is 2.17 bits per heavy atom. The molecule has 0 amide bonds. The molecule has 0 fully saturated rings. The second-order valence-electron chi connectivity index (χ2n) is 3.73. The van der Waals surface area contributed by atoms with Crippen LogP contribution in [0.4, 0.5) is 20.5 Å². The van der Waals surface area contributed by atoms with Crippen LogP contribution in [0.2, 0.25) is 0 Å². The summed E-state index contributed by atoms with van der Waals surface area (Å²) in [5, 5.41) is 8.37. The predicted molar refractivity (Wildman–Crippen MR) is 70.7 cm³/mol. The van der Waals surface area contributed by atoms with E-state index < -0.39 is 13.0 Å². The molecule has 0 aliphatic rings. The predicted octanol–water partition coefficient (Wildman–Crippen LogP) is 3.19. The van der Waals surface area contributed by atoms with Crippen LogP contribution in [-0.2, 0) is 0 Å². The molecule has 2 heterocycles. The molecule has 0 saturated heterocycles. The number of hydrogen-bond donors (Lipinski definition) is 2. The van der Waals surface area contributed by atoms with Crippen LogP contribution in [0.1, 0.15) is 13.3 Å². The van der Waals surface area contributed by atoms with Crippen molar-refractivity contribution >= 4 is 33.3 Å². The van der Waals surface area contributed by atoms with Crippen molar-refractivity contribution in [2.24, 2.45) is 0 Å². The summed E-state index contributed by atoms with van der Waals surface area (Å²) in [5.41, 5.74) is 0. The van der Waals surface area contributed by atoms with Crippen molar-refractivity contribution in [2.45, 2.75) is 19.8 Å². The third kappa shape index (κ3) is 3.04. The van der Waals surface area contributed by atoms with Crippen LogP contribution in [0, 0.1) is 0 Å². The molecule has 2 N–H and O–H groups in total. The lowest BCUT2D eigenvalue weighted by atomic mass is 10.4. The van der Waals surface area contributed by atoms with Crippen LogP contribution in [0.5, 0.6) is 0 Å². The summed E-state index contributed by atoms with van der Waals surface area (Å²) in [6.45, 7) is 2.38. The molecule has 2 aromatic heterocycles. The number of nitrogens with one attached hydrogen (secondary N) is 2. The van der Waals surface area contributed by atoms with Crippen molar-refractivity contribution in [3.8, 4) is 0 Å². The summed E-state index contributed by atoms with van der Waals surface area (Å²) < 4.78 is 24.5. The Morgan fingerprint density at radius 3 is 2.89 bits per heavy atom. The van der Waals surface area contributed by atoms with E-state index in [0.717, 1.165) is 23.2 Å². The first-order chi connectivity index (χ1) is 8.70. The maximum Gasteiger partial charge on any atom is 0.255 e. The van der Waals surface area contributed by atoms with Crippen molar-refractivity contribution in [2.75, 3.05) is 23.7 Å². The van der Waals surface area contributed by atoms with Gasteiger partial charge in [-0.2, -0.15) is 4.98 Å². The van der Waals surface area contributed by atoms with E-state index in [9.17, 15) is 8.78 Å². The minimum Gasteiger partial charge on any atom is -0.364 e. The zero-order chi connectivity index (χ0) is 13.0. The van der Waals surface area contributed by atoms with E-state index >= 15 is 0 Å². The Hall–Kier alpha value is -1.50. The van der Waals surface area contributed by atoms with Crippen LogP contribution < -0.4 is 10.6 Å². The Balaban J connectivity index is 2.26. The van der Waals surface area contributed by atoms with E-state index in [1.165, 1.54) is 11.3 Å². The molecule has 4 nitrogen and oxygen atoms in total. The minimum atomic E-state index is -2.40. The number of rotatable bonds is 6. The summed E-state index contributed by atoms with van der Waals surface area (Å²) in [6, 6.07) is 1.83. The number of anilines is 2. The molecular weight excluding hydrogens is 258 g/mol. The number of fused-ring (bicyclic) bond motifs is 1. The average Bonchev–Trinajstić information content (AvgIpc) is 2.81. The zero-order valence-electron chi connectivity index (χ0n) is 9.91. The first-order valence-corrected chi connectivity index (χ1v) is 6.59. The Labute approximate surface area is 107 Å². The molecule has 0 radical (unpaired) electrons. The monoisotopic (exact) mass is 272 g/mol.